The SMILES string of the molecule is Cc1cccc(C(N)c2cc(Br)ccc2Br)c1C. The van der Waals surface area contributed by atoms with E-state index in [0.717, 1.165) is 14.5 Å². The third-order valence-electron chi connectivity index (χ3n) is 3.27. The highest BCUT2D eigenvalue weighted by Crippen LogP contribution is 2.31. The minimum absolute atomic E-state index is 0.114. The van der Waals surface area contributed by atoms with Gasteiger partial charge in [-0.3, -0.25) is 0 Å². The molecule has 0 radical (unpaired) electrons. The summed E-state index contributed by atoms with van der Waals surface area (Å²) in [5.41, 5.74) is 11.2. The molecule has 0 aliphatic heterocycles. The second kappa shape index (κ2) is 5.55. The van der Waals surface area contributed by atoms with Crippen LogP contribution in [0.1, 0.15) is 28.3 Å². The molecule has 0 bridgehead atoms. The Morgan fingerprint density at radius 1 is 1.00 bits per heavy atom. The lowest BCUT2D eigenvalue weighted by Crippen LogP contribution is -2.14. The molecule has 1 atom stereocenters. The summed E-state index contributed by atoms with van der Waals surface area (Å²) in [6.45, 7) is 4.23. The molecule has 0 saturated heterocycles. The van der Waals surface area contributed by atoms with Crippen molar-refractivity contribution in [3.8, 4) is 0 Å². The van der Waals surface area contributed by atoms with Gasteiger partial charge in [0.25, 0.3) is 0 Å². The fourth-order valence-corrected chi connectivity index (χ4v) is 2.90. The van der Waals surface area contributed by atoms with Crippen molar-refractivity contribution in [1.82, 2.24) is 0 Å². The number of benzene rings is 2. The van der Waals surface area contributed by atoms with E-state index >= 15 is 0 Å². The van der Waals surface area contributed by atoms with E-state index in [1.807, 2.05) is 12.1 Å². The molecule has 0 aromatic heterocycles. The normalized spacial score (nSPS) is 12.5. The van der Waals surface area contributed by atoms with Crippen LogP contribution >= 0.6 is 31.9 Å². The van der Waals surface area contributed by atoms with Crippen molar-refractivity contribution in [2.24, 2.45) is 5.73 Å². The van der Waals surface area contributed by atoms with Crippen molar-refractivity contribution < 1.29 is 0 Å². The highest BCUT2D eigenvalue weighted by atomic mass is 79.9. The van der Waals surface area contributed by atoms with E-state index in [4.69, 9.17) is 5.73 Å². The second-order valence-corrected chi connectivity index (χ2v) is 6.20. The molecule has 2 aromatic carbocycles. The predicted octanol–water partition coefficient (Wildman–Crippen LogP) is 4.88. The first kappa shape index (κ1) is 13.8. The molecule has 2 N–H and O–H groups in total. The highest BCUT2D eigenvalue weighted by Gasteiger charge is 2.15. The van der Waals surface area contributed by atoms with Gasteiger partial charge in [0, 0.05) is 8.95 Å². The molecule has 1 unspecified atom stereocenters. The van der Waals surface area contributed by atoms with Crippen LogP contribution in [0.15, 0.2) is 45.3 Å². The minimum atomic E-state index is -0.114. The topological polar surface area (TPSA) is 26.0 Å². The maximum absolute atomic E-state index is 6.40. The Kier molecular flexibility index (Phi) is 4.25. The average Bonchev–Trinajstić information content (AvgIpc) is 2.35. The molecule has 94 valence electrons. The van der Waals surface area contributed by atoms with Crippen LogP contribution in [0.25, 0.3) is 0 Å². The molecule has 1 nitrogen and oxygen atoms in total. The van der Waals surface area contributed by atoms with Gasteiger partial charge in [-0.05, 0) is 54.3 Å². The van der Waals surface area contributed by atoms with Gasteiger partial charge in [-0.15, -0.1) is 0 Å². The van der Waals surface area contributed by atoms with Crippen LogP contribution in [-0.4, -0.2) is 0 Å². The van der Waals surface area contributed by atoms with Crippen LogP contribution in [0.5, 0.6) is 0 Å². The lowest BCUT2D eigenvalue weighted by atomic mass is 9.93. The fourth-order valence-electron chi connectivity index (χ4n) is 2.03. The molecule has 3 heteroatoms. The van der Waals surface area contributed by atoms with Gasteiger partial charge in [-0.2, -0.15) is 0 Å². The van der Waals surface area contributed by atoms with E-state index < -0.39 is 0 Å². The molecule has 0 heterocycles. The van der Waals surface area contributed by atoms with Gasteiger partial charge in [-0.1, -0.05) is 50.1 Å². The smallest absolute Gasteiger partial charge is 0.0565 e. The molecule has 0 aliphatic carbocycles. The number of nitrogens with two attached hydrogens (primary N) is 1. The van der Waals surface area contributed by atoms with Gasteiger partial charge in [-0.25, -0.2) is 0 Å². The average molecular weight is 369 g/mol. The Morgan fingerprint density at radius 3 is 2.44 bits per heavy atom. The van der Waals surface area contributed by atoms with Crippen LogP contribution in [0.4, 0.5) is 0 Å². The summed E-state index contributed by atoms with van der Waals surface area (Å²) in [6.07, 6.45) is 0. The van der Waals surface area contributed by atoms with Crippen molar-refractivity contribution in [3.05, 3.63) is 67.6 Å². The summed E-state index contributed by atoms with van der Waals surface area (Å²) in [7, 11) is 0. The van der Waals surface area contributed by atoms with Crippen molar-refractivity contribution >= 4 is 31.9 Å². The zero-order valence-corrected chi connectivity index (χ0v) is 13.5. The molecule has 0 aliphatic rings. The van der Waals surface area contributed by atoms with Crippen molar-refractivity contribution in [3.63, 3.8) is 0 Å². The highest BCUT2D eigenvalue weighted by molar-refractivity contribution is 9.11. The van der Waals surface area contributed by atoms with E-state index in [2.05, 4.69) is 70.0 Å². The quantitative estimate of drug-likeness (QED) is 0.803. The standard InChI is InChI=1S/C15H15Br2N/c1-9-4-3-5-12(10(9)2)15(18)13-8-11(16)6-7-14(13)17/h3-8,15H,18H2,1-2H3. The van der Waals surface area contributed by atoms with Gasteiger partial charge >= 0.3 is 0 Å². The first-order valence-electron chi connectivity index (χ1n) is 5.77. The van der Waals surface area contributed by atoms with E-state index in [1.165, 1.54) is 16.7 Å². The van der Waals surface area contributed by atoms with Gasteiger partial charge < -0.3 is 5.73 Å². The molecule has 2 rings (SSSR count). The third kappa shape index (κ3) is 2.68. The van der Waals surface area contributed by atoms with Crippen LogP contribution in [0.3, 0.4) is 0 Å². The monoisotopic (exact) mass is 367 g/mol. The van der Waals surface area contributed by atoms with E-state index in [0.29, 0.717) is 0 Å². The Labute approximate surface area is 125 Å². The van der Waals surface area contributed by atoms with Crippen molar-refractivity contribution in [1.29, 1.82) is 0 Å². The largest absolute Gasteiger partial charge is 0.320 e. The van der Waals surface area contributed by atoms with Crippen molar-refractivity contribution in [2.45, 2.75) is 19.9 Å². The number of hydrogen-bond donors (Lipinski definition) is 1. The summed E-state index contributed by atoms with van der Waals surface area (Å²) in [6, 6.07) is 12.2. The van der Waals surface area contributed by atoms with E-state index in [-0.39, 0.29) is 6.04 Å². The van der Waals surface area contributed by atoms with E-state index in [1.54, 1.807) is 0 Å². The maximum atomic E-state index is 6.40. The first-order chi connectivity index (χ1) is 8.50. The van der Waals surface area contributed by atoms with Crippen LogP contribution in [-0.2, 0) is 0 Å². The predicted molar refractivity (Wildman–Crippen MR) is 83.8 cm³/mol. The first-order valence-corrected chi connectivity index (χ1v) is 7.36. The van der Waals surface area contributed by atoms with Crippen molar-refractivity contribution in [2.75, 3.05) is 0 Å². The van der Waals surface area contributed by atoms with Crippen LogP contribution in [0.2, 0.25) is 0 Å². The Hall–Kier alpha value is -0.640. The van der Waals surface area contributed by atoms with E-state index in [9.17, 15) is 0 Å². The number of aryl methyl sites for hydroxylation is 1. The second-order valence-electron chi connectivity index (χ2n) is 4.43. The Bertz CT molecular complexity index is 577. The molecule has 18 heavy (non-hydrogen) atoms. The minimum Gasteiger partial charge on any atom is -0.320 e. The van der Waals surface area contributed by atoms with Gasteiger partial charge in [0.15, 0.2) is 0 Å². The third-order valence-corrected chi connectivity index (χ3v) is 4.49. The maximum Gasteiger partial charge on any atom is 0.0565 e. The number of halogens is 2. The zero-order chi connectivity index (χ0) is 13.3. The van der Waals surface area contributed by atoms with Crippen LogP contribution in [0, 0.1) is 13.8 Å². The van der Waals surface area contributed by atoms with Crippen LogP contribution < -0.4 is 5.73 Å². The molecule has 0 spiro atoms. The molecule has 2 aromatic rings. The summed E-state index contributed by atoms with van der Waals surface area (Å²) in [5, 5.41) is 0. The molecule has 0 amide bonds. The Balaban J connectivity index is 2.51. The van der Waals surface area contributed by atoms with Gasteiger partial charge in [0.05, 0.1) is 6.04 Å². The summed E-state index contributed by atoms with van der Waals surface area (Å²) in [4.78, 5) is 0. The zero-order valence-electron chi connectivity index (χ0n) is 10.4. The summed E-state index contributed by atoms with van der Waals surface area (Å²) in [5.74, 6) is 0. The molecule has 0 saturated carbocycles. The van der Waals surface area contributed by atoms with Gasteiger partial charge in [0.2, 0.25) is 0 Å². The number of hydrogen-bond acceptors (Lipinski definition) is 1. The lowest BCUT2D eigenvalue weighted by molar-refractivity contribution is 0.853. The lowest BCUT2D eigenvalue weighted by Gasteiger charge is -2.18. The molecule has 0 fully saturated rings. The molecular formula is C15H15Br2N. The fraction of sp³-hybridized carbons (Fsp3) is 0.200. The number of rotatable bonds is 2. The molecular weight excluding hydrogens is 354 g/mol. The summed E-state index contributed by atoms with van der Waals surface area (Å²) >= 11 is 7.06. The Morgan fingerprint density at radius 2 is 1.72 bits per heavy atom. The summed E-state index contributed by atoms with van der Waals surface area (Å²) < 4.78 is 2.08. The van der Waals surface area contributed by atoms with Gasteiger partial charge in [0.1, 0.15) is 0 Å².